The molecule has 170 valence electrons. The van der Waals surface area contributed by atoms with Gasteiger partial charge in [0.05, 0.1) is 5.69 Å². The minimum absolute atomic E-state index is 0.0455. The van der Waals surface area contributed by atoms with Gasteiger partial charge in [0.1, 0.15) is 0 Å². The Morgan fingerprint density at radius 3 is 2.19 bits per heavy atom. The Morgan fingerprint density at radius 1 is 1.00 bits per heavy atom. The number of hydrogen-bond acceptors (Lipinski definition) is 3. The molecule has 0 aliphatic heterocycles. The smallest absolute Gasteiger partial charge is 0.399 e. The molecular formula is C19H12Br2F6N4O. The van der Waals surface area contributed by atoms with Crippen LogP contribution in [0.4, 0.5) is 37.7 Å². The van der Waals surface area contributed by atoms with Gasteiger partial charge in [0.2, 0.25) is 0 Å². The van der Waals surface area contributed by atoms with E-state index in [9.17, 15) is 31.1 Å². The molecule has 0 atom stereocenters. The maximum absolute atomic E-state index is 14.2. The summed E-state index contributed by atoms with van der Waals surface area (Å²) in [5, 5.41) is 5.58. The number of anilines is 2. The molecule has 3 aromatic rings. The number of nitrogen functional groups attached to an aromatic ring is 1. The van der Waals surface area contributed by atoms with Gasteiger partial charge >= 0.3 is 12.4 Å². The first-order valence-corrected chi connectivity index (χ1v) is 10.2. The number of nitrogens with two attached hydrogens (primary N) is 1. The van der Waals surface area contributed by atoms with E-state index >= 15 is 0 Å². The highest BCUT2D eigenvalue weighted by Gasteiger charge is 2.74. The van der Waals surface area contributed by atoms with Crippen LogP contribution in [0.25, 0.3) is 0 Å². The van der Waals surface area contributed by atoms with Crippen LogP contribution < -0.4 is 11.1 Å². The molecule has 13 heteroatoms. The average Bonchev–Trinajstić information content (AvgIpc) is 3.19. The third kappa shape index (κ3) is 3.98. The highest BCUT2D eigenvalue weighted by atomic mass is 79.9. The predicted octanol–water partition coefficient (Wildman–Crippen LogP) is 6.11. The van der Waals surface area contributed by atoms with E-state index in [2.05, 4.69) is 42.3 Å². The molecule has 2 aromatic carbocycles. The van der Waals surface area contributed by atoms with Gasteiger partial charge in [-0.2, -0.15) is 31.4 Å². The van der Waals surface area contributed by atoms with Gasteiger partial charge in [0.25, 0.3) is 11.4 Å². The number of rotatable bonds is 4. The van der Waals surface area contributed by atoms with Crippen LogP contribution in [0.2, 0.25) is 0 Å². The Kier molecular flexibility index (Phi) is 6.35. The summed E-state index contributed by atoms with van der Waals surface area (Å²) < 4.78 is 84.3. The summed E-state index contributed by atoms with van der Waals surface area (Å²) >= 11 is 5.90. The zero-order valence-corrected chi connectivity index (χ0v) is 18.8. The van der Waals surface area contributed by atoms with Crippen molar-refractivity contribution in [3.63, 3.8) is 0 Å². The number of halogens is 8. The molecule has 0 aliphatic rings. The maximum Gasteiger partial charge on any atom is 0.426 e. The molecular weight excluding hydrogens is 574 g/mol. The summed E-state index contributed by atoms with van der Waals surface area (Å²) in [6, 6.07) is 8.26. The highest BCUT2D eigenvalue weighted by molar-refractivity contribution is 9.11. The molecule has 0 spiro atoms. The molecule has 0 aliphatic carbocycles. The lowest BCUT2D eigenvalue weighted by molar-refractivity contribution is -0.316. The zero-order chi connectivity index (χ0) is 23.9. The number of aromatic nitrogens is 2. The number of carbonyl (C=O) groups is 1. The fourth-order valence-corrected chi connectivity index (χ4v) is 4.56. The highest BCUT2D eigenvalue weighted by Crippen LogP contribution is 2.55. The van der Waals surface area contributed by atoms with Crippen LogP contribution in [-0.2, 0) is 5.54 Å². The van der Waals surface area contributed by atoms with E-state index in [0.29, 0.717) is 12.3 Å². The number of nitrogens with zero attached hydrogens (tertiary/aromatic N) is 2. The van der Waals surface area contributed by atoms with Gasteiger partial charge in [-0.05, 0) is 62.2 Å². The zero-order valence-electron chi connectivity index (χ0n) is 15.6. The number of alkyl halides is 6. The fraction of sp³-hybridized carbons (Fsp3) is 0.158. The van der Waals surface area contributed by atoms with E-state index in [4.69, 9.17) is 5.73 Å². The second kappa shape index (κ2) is 8.43. The van der Waals surface area contributed by atoms with Crippen molar-refractivity contribution < 1.29 is 31.1 Å². The van der Waals surface area contributed by atoms with Crippen LogP contribution in [0.3, 0.4) is 0 Å². The Morgan fingerprint density at radius 2 is 1.66 bits per heavy atom. The second-order valence-electron chi connectivity index (χ2n) is 6.52. The number of benzene rings is 2. The summed E-state index contributed by atoms with van der Waals surface area (Å²) in [7, 11) is 0. The van der Waals surface area contributed by atoms with Gasteiger partial charge < -0.3 is 11.1 Å². The maximum atomic E-state index is 14.2. The van der Waals surface area contributed by atoms with E-state index in [0.717, 1.165) is 18.3 Å². The van der Waals surface area contributed by atoms with Crippen molar-refractivity contribution in [1.29, 1.82) is 0 Å². The largest absolute Gasteiger partial charge is 0.426 e. The Bertz CT molecular complexity index is 1130. The Labute approximate surface area is 193 Å². The minimum atomic E-state index is -5.84. The predicted molar refractivity (Wildman–Crippen MR) is 112 cm³/mol. The first-order chi connectivity index (χ1) is 14.8. The van der Waals surface area contributed by atoms with Gasteiger partial charge in [0, 0.05) is 38.2 Å². The number of carbonyl (C=O) groups excluding carboxylic acids is 1. The van der Waals surface area contributed by atoms with Gasteiger partial charge in [-0.15, -0.1) is 0 Å². The minimum Gasteiger partial charge on any atom is -0.399 e. The van der Waals surface area contributed by atoms with Gasteiger partial charge in [0.15, 0.2) is 0 Å². The first kappa shape index (κ1) is 24.1. The van der Waals surface area contributed by atoms with Crippen molar-refractivity contribution >= 4 is 49.1 Å². The lowest BCUT2D eigenvalue weighted by Gasteiger charge is -2.38. The normalized spacial score (nSPS) is 12.6. The molecule has 0 bridgehead atoms. The molecule has 1 amide bonds. The Balaban J connectivity index is 2.24. The van der Waals surface area contributed by atoms with E-state index < -0.39 is 33.8 Å². The molecule has 3 N–H and O–H groups in total. The average molecular weight is 586 g/mol. The number of amides is 1. The number of nitrogens with one attached hydrogen (secondary N) is 1. The third-order valence-corrected chi connectivity index (χ3v) is 6.02. The summed E-state index contributed by atoms with van der Waals surface area (Å²) in [5.74, 6) is -0.792. The molecule has 1 aromatic heterocycles. The van der Waals surface area contributed by atoms with Crippen molar-refractivity contribution in [3.8, 4) is 0 Å². The molecule has 0 saturated carbocycles. The molecule has 1 heterocycles. The standard InChI is InChI=1S/C19H12Br2F6N4O/c20-13-6-5-12(14(21)15(13)30-16(32)10-3-1-4-11(28)9-10)17(18(22,23)24,19(25,26)27)31-8-2-7-29-31/h1-9H,28H2,(H,30,32). The van der Waals surface area contributed by atoms with Crippen LogP contribution in [0, 0.1) is 0 Å². The van der Waals surface area contributed by atoms with Crippen LogP contribution >= 0.6 is 31.9 Å². The van der Waals surface area contributed by atoms with Crippen molar-refractivity contribution in [3.05, 3.63) is 74.9 Å². The van der Waals surface area contributed by atoms with E-state index in [1.165, 1.54) is 24.3 Å². The quantitative estimate of drug-likeness (QED) is 0.287. The van der Waals surface area contributed by atoms with Crippen LogP contribution in [0.5, 0.6) is 0 Å². The number of hydrogen-bond donors (Lipinski definition) is 2. The van der Waals surface area contributed by atoms with Gasteiger partial charge in [-0.3, -0.25) is 4.79 Å². The van der Waals surface area contributed by atoms with Crippen molar-refractivity contribution in [2.45, 2.75) is 17.9 Å². The second-order valence-corrected chi connectivity index (χ2v) is 8.17. The monoisotopic (exact) mass is 584 g/mol. The van der Waals surface area contributed by atoms with Gasteiger partial charge in [-0.1, -0.05) is 12.1 Å². The van der Waals surface area contributed by atoms with Gasteiger partial charge in [-0.25, -0.2) is 4.68 Å². The molecule has 32 heavy (non-hydrogen) atoms. The van der Waals surface area contributed by atoms with Crippen molar-refractivity contribution in [1.82, 2.24) is 9.78 Å². The summed E-state index contributed by atoms with van der Waals surface area (Å²) in [5.41, 5.74) is -0.153. The van der Waals surface area contributed by atoms with E-state index in [-0.39, 0.29) is 26.1 Å². The topological polar surface area (TPSA) is 72.9 Å². The van der Waals surface area contributed by atoms with Crippen molar-refractivity contribution in [2.24, 2.45) is 0 Å². The molecule has 3 rings (SSSR count). The fourth-order valence-electron chi connectivity index (χ4n) is 3.13. The summed E-state index contributed by atoms with van der Waals surface area (Å²) in [4.78, 5) is 12.6. The van der Waals surface area contributed by atoms with Crippen LogP contribution in [-0.4, -0.2) is 28.0 Å². The Hall–Kier alpha value is -2.54. The molecule has 0 radical (unpaired) electrons. The molecule has 5 nitrogen and oxygen atoms in total. The van der Waals surface area contributed by atoms with E-state index in [1.54, 1.807) is 0 Å². The SMILES string of the molecule is Nc1cccc(C(=O)Nc2c(Br)ccc(C(n3cccn3)(C(F)(F)F)C(F)(F)F)c2Br)c1. The third-order valence-electron chi connectivity index (χ3n) is 4.54. The lowest BCUT2D eigenvalue weighted by atomic mass is 9.87. The molecule has 0 unspecified atom stereocenters. The summed E-state index contributed by atoms with van der Waals surface area (Å²) in [6.45, 7) is 0. The van der Waals surface area contributed by atoms with Crippen molar-refractivity contribution in [2.75, 3.05) is 11.1 Å². The molecule has 0 fully saturated rings. The van der Waals surface area contributed by atoms with Crippen LogP contribution in [0.1, 0.15) is 15.9 Å². The summed E-state index contributed by atoms with van der Waals surface area (Å²) in [6.07, 6.45) is -10.3. The van der Waals surface area contributed by atoms with E-state index in [1.807, 2.05) is 0 Å². The molecule has 0 saturated heterocycles. The first-order valence-electron chi connectivity index (χ1n) is 8.59. The van der Waals surface area contributed by atoms with Crippen LogP contribution in [0.15, 0.2) is 63.8 Å². The lowest BCUT2D eigenvalue weighted by Crippen LogP contribution is -2.59.